The number of benzene rings is 2. The molecule has 2 aromatic rings. The number of aromatic hydroxyl groups is 1. The predicted molar refractivity (Wildman–Crippen MR) is 117 cm³/mol. The molecule has 1 saturated carbocycles. The van der Waals surface area contributed by atoms with Gasteiger partial charge in [-0.05, 0) is 62.9 Å². The summed E-state index contributed by atoms with van der Waals surface area (Å²) in [5, 5.41) is 10.6. The highest BCUT2D eigenvalue weighted by molar-refractivity contribution is 5.90. The highest BCUT2D eigenvalue weighted by Gasteiger charge is 2.73. The highest BCUT2D eigenvalue weighted by Crippen LogP contribution is 2.65. The number of phenols is 1. The third-order valence-electron chi connectivity index (χ3n) is 8.30. The molecule has 1 unspecified atom stereocenters. The van der Waals surface area contributed by atoms with Crippen molar-refractivity contribution in [1.29, 1.82) is 0 Å². The monoisotopic (exact) mass is 419 g/mol. The number of likely N-dealkylation sites (tertiary alicyclic amines) is 1. The number of carbonyl (C=O) groups excluding carboxylic acids is 1. The first kappa shape index (κ1) is 19.3. The molecule has 5 nitrogen and oxygen atoms in total. The van der Waals surface area contributed by atoms with Gasteiger partial charge >= 0.3 is 0 Å². The summed E-state index contributed by atoms with van der Waals surface area (Å²) in [4.78, 5) is 15.5. The van der Waals surface area contributed by atoms with Crippen LogP contribution < -0.4 is 4.74 Å². The summed E-state index contributed by atoms with van der Waals surface area (Å²) in [7, 11) is 2.18. The Balaban J connectivity index is 1.39. The summed E-state index contributed by atoms with van der Waals surface area (Å²) < 4.78 is 13.2. The number of carbonyl (C=O) groups is 1. The third-order valence-corrected chi connectivity index (χ3v) is 8.30. The number of aryl methyl sites for hydroxylation is 1. The Morgan fingerprint density at radius 1 is 1.19 bits per heavy atom. The topological polar surface area (TPSA) is 59.0 Å². The maximum absolute atomic E-state index is 13.1. The summed E-state index contributed by atoms with van der Waals surface area (Å²) in [6, 6.07) is 14.5. The van der Waals surface area contributed by atoms with Gasteiger partial charge in [0.05, 0.1) is 11.0 Å². The lowest BCUT2D eigenvalue weighted by molar-refractivity contribution is -0.210. The van der Waals surface area contributed by atoms with E-state index in [1.54, 1.807) is 6.07 Å². The zero-order chi connectivity index (χ0) is 21.2. The number of piperidine rings is 1. The van der Waals surface area contributed by atoms with Crippen LogP contribution in [0.3, 0.4) is 0 Å². The van der Waals surface area contributed by atoms with Gasteiger partial charge in [0.1, 0.15) is 0 Å². The summed E-state index contributed by atoms with van der Waals surface area (Å²) in [6.07, 6.45) is 4.25. The Bertz CT molecular complexity index is 1040. The molecule has 1 N–H and O–H groups in total. The van der Waals surface area contributed by atoms with E-state index in [0.717, 1.165) is 44.2 Å². The molecule has 0 radical (unpaired) electrons. The van der Waals surface area contributed by atoms with Crippen molar-refractivity contribution >= 4 is 5.78 Å². The Morgan fingerprint density at radius 3 is 2.87 bits per heavy atom. The molecule has 2 aliphatic heterocycles. The predicted octanol–water partition coefficient (Wildman–Crippen LogP) is 3.40. The molecule has 2 bridgehead atoms. The molecule has 1 saturated heterocycles. The quantitative estimate of drug-likeness (QED) is 0.753. The number of hydrogen-bond donors (Lipinski definition) is 1. The fourth-order valence-electron chi connectivity index (χ4n) is 6.98. The second kappa shape index (κ2) is 6.81. The largest absolute Gasteiger partial charge is 0.504 e. The Kier molecular flexibility index (Phi) is 4.25. The van der Waals surface area contributed by atoms with Crippen LogP contribution in [0.25, 0.3) is 0 Å². The van der Waals surface area contributed by atoms with Crippen molar-refractivity contribution in [1.82, 2.24) is 4.90 Å². The Morgan fingerprint density at radius 2 is 2.03 bits per heavy atom. The molecule has 5 heteroatoms. The maximum atomic E-state index is 13.1. The summed E-state index contributed by atoms with van der Waals surface area (Å²) in [6.45, 7) is 1.56. The average Bonchev–Trinajstić information content (AvgIpc) is 3.15. The van der Waals surface area contributed by atoms with Crippen LogP contribution in [-0.4, -0.2) is 53.7 Å². The lowest BCUT2D eigenvalue weighted by atomic mass is 9.49. The van der Waals surface area contributed by atoms with Gasteiger partial charge in [-0.25, -0.2) is 0 Å². The van der Waals surface area contributed by atoms with Gasteiger partial charge in [0.2, 0.25) is 0 Å². The molecule has 2 aromatic carbocycles. The van der Waals surface area contributed by atoms with Crippen LogP contribution >= 0.6 is 0 Å². The van der Waals surface area contributed by atoms with Gasteiger partial charge in [0, 0.05) is 24.6 Å². The first-order valence-electron chi connectivity index (χ1n) is 11.5. The van der Waals surface area contributed by atoms with Crippen LogP contribution in [0.2, 0.25) is 0 Å². The molecule has 6 rings (SSSR count). The van der Waals surface area contributed by atoms with Crippen LogP contribution in [0.5, 0.6) is 11.5 Å². The van der Waals surface area contributed by atoms with Crippen LogP contribution in [0, 0.1) is 0 Å². The molecule has 2 fully saturated rings. The van der Waals surface area contributed by atoms with E-state index in [0.29, 0.717) is 18.8 Å². The molecule has 2 heterocycles. The van der Waals surface area contributed by atoms with E-state index in [1.165, 1.54) is 11.1 Å². The molecule has 1 spiro atoms. The van der Waals surface area contributed by atoms with Crippen LogP contribution in [0.15, 0.2) is 42.5 Å². The third kappa shape index (κ3) is 2.48. The Hall–Kier alpha value is -2.37. The van der Waals surface area contributed by atoms with E-state index in [2.05, 4.69) is 36.2 Å². The smallest absolute Gasteiger partial charge is 0.174 e. The second-order valence-electron chi connectivity index (χ2n) is 9.66. The SMILES string of the molecule is CN1CC[C@]23c4c5ccc(O)c4O[C@H]2C(=O)CC[C@@]3(OCCCc2ccccc2)C1C5. The van der Waals surface area contributed by atoms with Gasteiger partial charge in [-0.1, -0.05) is 36.4 Å². The molecule has 162 valence electrons. The van der Waals surface area contributed by atoms with Crippen molar-refractivity contribution in [3.05, 3.63) is 59.2 Å². The van der Waals surface area contributed by atoms with E-state index in [4.69, 9.17) is 9.47 Å². The maximum Gasteiger partial charge on any atom is 0.174 e. The zero-order valence-corrected chi connectivity index (χ0v) is 18.0. The zero-order valence-electron chi connectivity index (χ0n) is 18.0. The van der Waals surface area contributed by atoms with Crippen molar-refractivity contribution < 1.29 is 19.4 Å². The van der Waals surface area contributed by atoms with Crippen molar-refractivity contribution in [2.24, 2.45) is 0 Å². The fraction of sp³-hybridized carbons (Fsp3) is 0.500. The molecular weight excluding hydrogens is 390 g/mol. The minimum atomic E-state index is -0.547. The van der Waals surface area contributed by atoms with Gasteiger partial charge in [-0.3, -0.25) is 4.79 Å². The molecule has 31 heavy (non-hydrogen) atoms. The molecule has 2 aliphatic carbocycles. The van der Waals surface area contributed by atoms with E-state index in [1.807, 2.05) is 12.1 Å². The van der Waals surface area contributed by atoms with E-state index in [-0.39, 0.29) is 17.6 Å². The number of phenolic OH excluding ortho intramolecular Hbond substituents is 1. The fourth-order valence-corrected chi connectivity index (χ4v) is 6.98. The van der Waals surface area contributed by atoms with Crippen molar-refractivity contribution in [2.45, 2.75) is 61.7 Å². The number of hydrogen-bond acceptors (Lipinski definition) is 5. The van der Waals surface area contributed by atoms with E-state index < -0.39 is 17.1 Å². The minimum Gasteiger partial charge on any atom is -0.504 e. The molecule has 4 aliphatic rings. The number of ketones is 1. The number of nitrogens with zero attached hydrogens (tertiary/aromatic N) is 1. The van der Waals surface area contributed by atoms with Crippen molar-refractivity contribution in [3.63, 3.8) is 0 Å². The Labute approximate surface area is 183 Å². The number of ether oxygens (including phenoxy) is 2. The highest BCUT2D eigenvalue weighted by atomic mass is 16.5. The number of rotatable bonds is 5. The number of Topliss-reactive ketones (excluding diaryl/α,β-unsaturated/α-hetero) is 1. The molecule has 4 atom stereocenters. The first-order valence-corrected chi connectivity index (χ1v) is 11.5. The van der Waals surface area contributed by atoms with Crippen molar-refractivity contribution in [2.75, 3.05) is 20.2 Å². The van der Waals surface area contributed by atoms with Gasteiger partial charge in [-0.2, -0.15) is 0 Å². The van der Waals surface area contributed by atoms with Crippen LogP contribution in [0.1, 0.15) is 42.4 Å². The summed E-state index contributed by atoms with van der Waals surface area (Å²) >= 11 is 0. The normalized spacial score (nSPS) is 33.1. The van der Waals surface area contributed by atoms with Gasteiger partial charge in [0.15, 0.2) is 23.4 Å². The minimum absolute atomic E-state index is 0.144. The lowest BCUT2D eigenvalue weighted by Gasteiger charge is -2.64. The molecular formula is C26H29NO4. The average molecular weight is 420 g/mol. The van der Waals surface area contributed by atoms with Gasteiger partial charge in [0.25, 0.3) is 0 Å². The molecule has 0 aromatic heterocycles. The first-order chi connectivity index (χ1) is 15.1. The summed E-state index contributed by atoms with van der Waals surface area (Å²) in [5.74, 6) is 0.818. The van der Waals surface area contributed by atoms with Crippen LogP contribution in [-0.2, 0) is 27.8 Å². The standard InChI is InChI=1S/C26H29NO4/c1-27-14-13-25-22-18-9-10-19(28)23(22)31-24(25)20(29)11-12-26(25,21(27)16-18)30-15-5-8-17-6-3-2-4-7-17/h2-4,6-7,9-10,21,24,28H,5,8,11-16H2,1H3/t21?,24-,25-,26+/m0/s1. The van der Waals surface area contributed by atoms with E-state index >= 15 is 0 Å². The van der Waals surface area contributed by atoms with Gasteiger partial charge < -0.3 is 19.5 Å². The number of likely N-dealkylation sites (N-methyl/N-ethyl adjacent to an activating group) is 1. The molecule has 0 amide bonds. The van der Waals surface area contributed by atoms with Crippen LogP contribution in [0.4, 0.5) is 0 Å². The lowest BCUT2D eigenvalue weighted by Crippen LogP contribution is -2.77. The van der Waals surface area contributed by atoms with Crippen molar-refractivity contribution in [3.8, 4) is 11.5 Å². The second-order valence-corrected chi connectivity index (χ2v) is 9.66. The summed E-state index contributed by atoms with van der Waals surface area (Å²) in [5.41, 5.74) is 2.62. The van der Waals surface area contributed by atoms with E-state index in [9.17, 15) is 9.90 Å². The van der Waals surface area contributed by atoms with Gasteiger partial charge in [-0.15, -0.1) is 0 Å².